The maximum absolute atomic E-state index is 11.3. The van der Waals surface area contributed by atoms with Crippen molar-refractivity contribution in [3.05, 3.63) is 71.8 Å². The van der Waals surface area contributed by atoms with Gasteiger partial charge in [-0.2, -0.15) is 0 Å². The number of carbonyl (C=O) groups is 1. The van der Waals surface area contributed by atoms with Crippen LogP contribution in [-0.4, -0.2) is 5.78 Å². The molecule has 0 amide bonds. The third-order valence-corrected chi connectivity index (χ3v) is 3.05. The minimum atomic E-state index is 0.0948. The lowest BCUT2D eigenvalue weighted by Crippen LogP contribution is -2.06. The first-order chi connectivity index (χ1) is 9.52. The molecule has 20 heavy (non-hydrogen) atoms. The molecule has 106 valence electrons. The van der Waals surface area contributed by atoms with Crippen LogP contribution in [0.1, 0.15) is 49.5 Å². The predicted molar refractivity (Wildman–Crippen MR) is 86.1 cm³/mol. The Labute approximate surface area is 122 Å². The van der Waals surface area contributed by atoms with Gasteiger partial charge in [-0.3, -0.25) is 4.79 Å². The van der Waals surface area contributed by atoms with E-state index in [9.17, 15) is 4.79 Å². The van der Waals surface area contributed by atoms with Crippen molar-refractivity contribution in [2.75, 3.05) is 0 Å². The summed E-state index contributed by atoms with van der Waals surface area (Å²) in [6, 6.07) is 19.9. The van der Waals surface area contributed by atoms with E-state index in [2.05, 4.69) is 38.1 Å². The number of ketones is 1. The molecule has 1 nitrogen and oxygen atoms in total. The van der Waals surface area contributed by atoms with Crippen LogP contribution in [0.5, 0.6) is 0 Å². The van der Waals surface area contributed by atoms with Crippen LogP contribution in [-0.2, 0) is 0 Å². The molecule has 0 atom stereocenters. The molecule has 0 N–H and O–H groups in total. The molecule has 0 aromatic heterocycles. The van der Waals surface area contributed by atoms with E-state index in [1.54, 1.807) is 0 Å². The van der Waals surface area contributed by atoms with Crippen LogP contribution in [0.2, 0.25) is 0 Å². The highest BCUT2D eigenvalue weighted by atomic mass is 16.1. The van der Waals surface area contributed by atoms with Crippen molar-refractivity contribution >= 4 is 5.78 Å². The Kier molecular flexibility index (Phi) is 6.72. The van der Waals surface area contributed by atoms with Gasteiger partial charge in [0.25, 0.3) is 0 Å². The average molecular weight is 268 g/mol. The van der Waals surface area contributed by atoms with Gasteiger partial charge in [-0.1, -0.05) is 88.4 Å². The van der Waals surface area contributed by atoms with Gasteiger partial charge in [0.05, 0.1) is 0 Å². The molecule has 0 aliphatic carbocycles. The fourth-order valence-electron chi connectivity index (χ4n) is 1.77. The number of benzene rings is 2. The van der Waals surface area contributed by atoms with Crippen molar-refractivity contribution in [3.8, 4) is 0 Å². The van der Waals surface area contributed by atoms with Crippen LogP contribution < -0.4 is 0 Å². The fourth-order valence-corrected chi connectivity index (χ4v) is 1.77. The minimum Gasteiger partial charge on any atom is -0.294 e. The van der Waals surface area contributed by atoms with Crippen LogP contribution in [0.4, 0.5) is 0 Å². The SMILES string of the molecule is CC(C)C(=O)c1ccccc1.CC(C)c1ccccc1. The monoisotopic (exact) mass is 268 g/mol. The lowest BCUT2D eigenvalue weighted by atomic mass is 10.0. The molecular formula is C19H24O. The molecule has 0 radical (unpaired) electrons. The summed E-state index contributed by atoms with van der Waals surface area (Å²) in [5.74, 6) is 0.967. The van der Waals surface area contributed by atoms with Crippen molar-refractivity contribution in [2.24, 2.45) is 5.92 Å². The van der Waals surface area contributed by atoms with Gasteiger partial charge in [0, 0.05) is 11.5 Å². The smallest absolute Gasteiger partial charge is 0.165 e. The van der Waals surface area contributed by atoms with Crippen LogP contribution in [0.15, 0.2) is 60.7 Å². The quantitative estimate of drug-likeness (QED) is 0.687. The number of hydrogen-bond acceptors (Lipinski definition) is 1. The largest absolute Gasteiger partial charge is 0.294 e. The summed E-state index contributed by atoms with van der Waals surface area (Å²) in [5.41, 5.74) is 2.22. The zero-order valence-electron chi connectivity index (χ0n) is 12.8. The van der Waals surface area contributed by atoms with Crippen molar-refractivity contribution < 1.29 is 4.79 Å². The lowest BCUT2D eigenvalue weighted by Gasteiger charge is -2.01. The Hall–Kier alpha value is -1.89. The van der Waals surface area contributed by atoms with E-state index in [0.717, 1.165) is 5.56 Å². The van der Waals surface area contributed by atoms with Gasteiger partial charge in [0.1, 0.15) is 0 Å². The average Bonchev–Trinajstić information content (AvgIpc) is 2.49. The molecule has 0 fully saturated rings. The zero-order chi connectivity index (χ0) is 15.0. The lowest BCUT2D eigenvalue weighted by molar-refractivity contribution is 0.0939. The molecule has 0 spiro atoms. The Morgan fingerprint density at radius 2 is 1.20 bits per heavy atom. The van der Waals surface area contributed by atoms with E-state index in [4.69, 9.17) is 0 Å². The summed E-state index contributed by atoms with van der Waals surface area (Å²) in [6.45, 7) is 8.23. The molecule has 0 bridgehead atoms. The van der Waals surface area contributed by atoms with Gasteiger partial charge in [-0.25, -0.2) is 0 Å². The molecule has 0 unspecified atom stereocenters. The Morgan fingerprint density at radius 3 is 1.55 bits per heavy atom. The standard InChI is InChI=1S/C10H12O.C9H12/c1-8(2)10(11)9-6-4-3-5-7-9;1-8(2)9-6-4-3-5-7-9/h3-8H,1-2H3;3-8H,1-2H3. The van der Waals surface area contributed by atoms with E-state index in [1.165, 1.54) is 5.56 Å². The second-order valence-electron chi connectivity index (χ2n) is 5.45. The summed E-state index contributed by atoms with van der Waals surface area (Å²) in [4.78, 5) is 11.3. The van der Waals surface area contributed by atoms with Gasteiger partial charge in [0.2, 0.25) is 0 Å². The highest BCUT2D eigenvalue weighted by Crippen LogP contribution is 2.11. The number of carbonyl (C=O) groups excluding carboxylic acids is 1. The summed E-state index contributed by atoms with van der Waals surface area (Å²) in [7, 11) is 0. The third kappa shape index (κ3) is 5.40. The summed E-state index contributed by atoms with van der Waals surface area (Å²) < 4.78 is 0. The third-order valence-electron chi connectivity index (χ3n) is 3.05. The minimum absolute atomic E-state index is 0.0948. The molecular weight excluding hydrogens is 244 g/mol. The van der Waals surface area contributed by atoms with E-state index >= 15 is 0 Å². The van der Waals surface area contributed by atoms with Gasteiger partial charge in [-0.15, -0.1) is 0 Å². The number of hydrogen-bond donors (Lipinski definition) is 0. The van der Waals surface area contributed by atoms with Crippen molar-refractivity contribution in [3.63, 3.8) is 0 Å². The maximum Gasteiger partial charge on any atom is 0.165 e. The Bertz CT molecular complexity index is 498. The maximum atomic E-state index is 11.3. The Morgan fingerprint density at radius 1 is 0.750 bits per heavy atom. The molecule has 2 rings (SSSR count). The van der Waals surface area contributed by atoms with E-state index in [1.807, 2.05) is 50.2 Å². The first kappa shape index (κ1) is 16.2. The molecule has 1 heteroatoms. The molecule has 0 heterocycles. The van der Waals surface area contributed by atoms with Gasteiger partial charge >= 0.3 is 0 Å². The van der Waals surface area contributed by atoms with Crippen LogP contribution >= 0.6 is 0 Å². The zero-order valence-corrected chi connectivity index (χ0v) is 12.8. The van der Waals surface area contributed by atoms with E-state index < -0.39 is 0 Å². The predicted octanol–water partition coefficient (Wildman–Crippen LogP) is 5.34. The van der Waals surface area contributed by atoms with Gasteiger partial charge in [0.15, 0.2) is 5.78 Å². The second-order valence-corrected chi connectivity index (χ2v) is 5.45. The number of rotatable bonds is 3. The summed E-state index contributed by atoms with van der Waals surface area (Å²) in [6.07, 6.45) is 0. The Balaban J connectivity index is 0.000000204. The van der Waals surface area contributed by atoms with Gasteiger partial charge in [-0.05, 0) is 11.5 Å². The first-order valence-corrected chi connectivity index (χ1v) is 7.16. The molecule has 0 saturated heterocycles. The van der Waals surface area contributed by atoms with Crippen LogP contribution in [0.25, 0.3) is 0 Å². The van der Waals surface area contributed by atoms with Crippen LogP contribution in [0.3, 0.4) is 0 Å². The topological polar surface area (TPSA) is 17.1 Å². The van der Waals surface area contributed by atoms with Gasteiger partial charge < -0.3 is 0 Å². The van der Waals surface area contributed by atoms with Crippen molar-refractivity contribution in [2.45, 2.75) is 33.6 Å². The molecule has 2 aromatic rings. The summed E-state index contributed by atoms with van der Waals surface area (Å²) >= 11 is 0. The normalized spacial score (nSPS) is 10.1. The molecule has 0 aliphatic rings. The van der Waals surface area contributed by atoms with Crippen molar-refractivity contribution in [1.82, 2.24) is 0 Å². The van der Waals surface area contributed by atoms with E-state index in [-0.39, 0.29) is 11.7 Å². The molecule has 0 aliphatic heterocycles. The molecule has 0 saturated carbocycles. The van der Waals surface area contributed by atoms with E-state index in [0.29, 0.717) is 5.92 Å². The highest BCUT2D eigenvalue weighted by molar-refractivity contribution is 5.97. The number of Topliss-reactive ketones (excluding diaryl/α,β-unsaturated/α-hetero) is 1. The molecule has 2 aromatic carbocycles. The van der Waals surface area contributed by atoms with Crippen molar-refractivity contribution in [1.29, 1.82) is 0 Å². The highest BCUT2D eigenvalue weighted by Gasteiger charge is 2.08. The summed E-state index contributed by atoms with van der Waals surface area (Å²) in [5, 5.41) is 0. The fraction of sp³-hybridized carbons (Fsp3) is 0.316. The second kappa shape index (κ2) is 8.31. The van der Waals surface area contributed by atoms with Crippen LogP contribution in [0, 0.1) is 5.92 Å². The first-order valence-electron chi connectivity index (χ1n) is 7.16.